The fourth-order valence-corrected chi connectivity index (χ4v) is 2.82. The molecule has 0 bridgehead atoms. The number of rotatable bonds is 8. The molecule has 3 aromatic rings. The van der Waals surface area contributed by atoms with E-state index in [0.717, 1.165) is 29.1 Å². The second kappa shape index (κ2) is 8.43. The molecule has 0 spiro atoms. The number of ether oxygens (including phenoxy) is 3. The van der Waals surface area contributed by atoms with E-state index >= 15 is 0 Å². The zero-order valence-electron chi connectivity index (χ0n) is 14.7. The second-order valence-corrected chi connectivity index (χ2v) is 5.77. The Morgan fingerprint density at radius 3 is 2.36 bits per heavy atom. The van der Waals surface area contributed by atoms with E-state index in [4.69, 9.17) is 14.2 Å². The van der Waals surface area contributed by atoms with Gasteiger partial charge in [-0.25, -0.2) is 0 Å². The third-order valence-electron chi connectivity index (χ3n) is 4.02. The molecule has 0 aromatic heterocycles. The van der Waals surface area contributed by atoms with Gasteiger partial charge in [-0.05, 0) is 42.0 Å². The van der Waals surface area contributed by atoms with Crippen molar-refractivity contribution in [3.63, 3.8) is 0 Å². The van der Waals surface area contributed by atoms with E-state index < -0.39 is 0 Å². The lowest BCUT2D eigenvalue weighted by atomic mass is 10.1. The summed E-state index contributed by atoms with van der Waals surface area (Å²) >= 11 is 0. The van der Waals surface area contributed by atoms with Crippen molar-refractivity contribution in [2.24, 2.45) is 0 Å². The van der Waals surface area contributed by atoms with Gasteiger partial charge in [-0.1, -0.05) is 49.4 Å². The molecule has 0 N–H and O–H groups in total. The van der Waals surface area contributed by atoms with Crippen LogP contribution >= 0.6 is 0 Å². The lowest BCUT2D eigenvalue weighted by Crippen LogP contribution is -2.10. The van der Waals surface area contributed by atoms with E-state index in [2.05, 4.69) is 30.7 Å². The van der Waals surface area contributed by atoms with Crippen molar-refractivity contribution in [3.05, 3.63) is 72.6 Å². The number of methoxy groups -OCH3 is 1. The van der Waals surface area contributed by atoms with Gasteiger partial charge in [0.05, 0.1) is 7.11 Å². The maximum Gasteiger partial charge on any atom is 0.161 e. The molecule has 0 aliphatic carbocycles. The van der Waals surface area contributed by atoms with Gasteiger partial charge in [0.2, 0.25) is 0 Å². The van der Waals surface area contributed by atoms with Crippen molar-refractivity contribution in [2.45, 2.75) is 13.3 Å². The normalized spacial score (nSPS) is 10.6. The molecule has 1 radical (unpaired) electrons. The first kappa shape index (κ1) is 17.2. The van der Waals surface area contributed by atoms with Gasteiger partial charge in [0, 0.05) is 5.39 Å². The number of fused-ring (bicyclic) bond motifs is 1. The largest absolute Gasteiger partial charge is 0.493 e. The fourth-order valence-electron chi connectivity index (χ4n) is 2.82. The topological polar surface area (TPSA) is 27.7 Å². The molecular formula is C22H23O3. The molecule has 129 valence electrons. The van der Waals surface area contributed by atoms with Crippen LogP contribution in [0.1, 0.15) is 12.5 Å². The van der Waals surface area contributed by atoms with Crippen LogP contribution in [-0.4, -0.2) is 20.3 Å². The van der Waals surface area contributed by atoms with Gasteiger partial charge in [-0.2, -0.15) is 0 Å². The summed E-state index contributed by atoms with van der Waals surface area (Å²) in [6.07, 6.45) is 3.03. The predicted molar refractivity (Wildman–Crippen MR) is 102 cm³/mol. The minimum absolute atomic E-state index is 0.457. The highest BCUT2D eigenvalue weighted by molar-refractivity contribution is 5.88. The molecule has 0 aliphatic rings. The summed E-state index contributed by atoms with van der Waals surface area (Å²) in [4.78, 5) is 0. The summed E-state index contributed by atoms with van der Waals surface area (Å²) in [6, 6.07) is 20.3. The highest BCUT2D eigenvalue weighted by Crippen LogP contribution is 2.29. The van der Waals surface area contributed by atoms with E-state index in [1.165, 1.54) is 10.9 Å². The van der Waals surface area contributed by atoms with Crippen LogP contribution < -0.4 is 14.2 Å². The van der Waals surface area contributed by atoms with Gasteiger partial charge in [-0.3, -0.25) is 0 Å². The molecule has 0 aliphatic heterocycles. The van der Waals surface area contributed by atoms with Crippen molar-refractivity contribution < 1.29 is 14.2 Å². The Kier molecular flexibility index (Phi) is 5.78. The van der Waals surface area contributed by atoms with Gasteiger partial charge >= 0.3 is 0 Å². The van der Waals surface area contributed by atoms with Crippen LogP contribution in [0.3, 0.4) is 0 Å². The molecule has 3 aromatic carbocycles. The Morgan fingerprint density at radius 1 is 0.800 bits per heavy atom. The van der Waals surface area contributed by atoms with Crippen molar-refractivity contribution >= 4 is 10.8 Å². The third-order valence-corrected chi connectivity index (χ3v) is 4.02. The summed E-state index contributed by atoms with van der Waals surface area (Å²) in [5.41, 5.74) is 1.20. The lowest BCUT2D eigenvalue weighted by Gasteiger charge is -2.13. The van der Waals surface area contributed by atoms with Gasteiger partial charge in [0.1, 0.15) is 19.0 Å². The average molecular weight is 335 g/mol. The minimum Gasteiger partial charge on any atom is -0.493 e. The third kappa shape index (κ3) is 4.24. The Hall–Kier alpha value is -2.68. The predicted octanol–water partition coefficient (Wildman–Crippen LogP) is 5.07. The van der Waals surface area contributed by atoms with Gasteiger partial charge < -0.3 is 14.2 Å². The number of hydrogen-bond donors (Lipinski definition) is 0. The van der Waals surface area contributed by atoms with E-state index in [0.29, 0.717) is 13.2 Å². The lowest BCUT2D eigenvalue weighted by molar-refractivity contribution is 0.212. The summed E-state index contributed by atoms with van der Waals surface area (Å²) in [5, 5.41) is 2.29. The van der Waals surface area contributed by atoms with E-state index in [1.807, 2.05) is 43.3 Å². The van der Waals surface area contributed by atoms with Crippen LogP contribution in [0.25, 0.3) is 10.8 Å². The summed E-state index contributed by atoms with van der Waals surface area (Å²) < 4.78 is 17.2. The van der Waals surface area contributed by atoms with Gasteiger partial charge in [0.25, 0.3) is 0 Å². The quantitative estimate of drug-likeness (QED) is 0.538. The standard InChI is InChI=1S/C22H23O3/c1-3-7-17-12-13-21(23-2)22(16-17)25-15-14-24-20-11-6-9-18-8-4-5-10-19(18)20/h3-6,8-13,16H,7,14-15H2,1-2H3. The molecular weight excluding hydrogens is 312 g/mol. The van der Waals surface area contributed by atoms with Crippen molar-refractivity contribution in [1.29, 1.82) is 0 Å². The molecule has 3 heteroatoms. The van der Waals surface area contributed by atoms with Crippen LogP contribution in [0.15, 0.2) is 60.7 Å². The molecule has 0 unspecified atom stereocenters. The summed E-state index contributed by atoms with van der Waals surface area (Å²) in [5.74, 6) is 2.37. The van der Waals surface area contributed by atoms with Crippen LogP contribution in [-0.2, 0) is 6.42 Å². The second-order valence-electron chi connectivity index (χ2n) is 5.77. The monoisotopic (exact) mass is 335 g/mol. The summed E-state index contributed by atoms with van der Waals surface area (Å²) in [7, 11) is 1.65. The first-order valence-electron chi connectivity index (χ1n) is 8.50. The van der Waals surface area contributed by atoms with Crippen molar-refractivity contribution in [1.82, 2.24) is 0 Å². The Morgan fingerprint density at radius 2 is 1.56 bits per heavy atom. The van der Waals surface area contributed by atoms with Crippen LogP contribution in [0, 0.1) is 6.42 Å². The Balaban J connectivity index is 1.62. The summed E-state index contributed by atoms with van der Waals surface area (Å²) in [6.45, 7) is 2.98. The molecule has 0 heterocycles. The zero-order chi connectivity index (χ0) is 17.5. The smallest absolute Gasteiger partial charge is 0.161 e. The number of hydrogen-bond acceptors (Lipinski definition) is 3. The maximum atomic E-state index is 5.92. The van der Waals surface area contributed by atoms with E-state index in [9.17, 15) is 0 Å². The van der Waals surface area contributed by atoms with Crippen molar-refractivity contribution in [3.8, 4) is 17.2 Å². The molecule has 0 fully saturated rings. The first-order valence-corrected chi connectivity index (χ1v) is 8.50. The maximum absolute atomic E-state index is 5.92. The highest BCUT2D eigenvalue weighted by Gasteiger charge is 2.06. The molecule has 0 amide bonds. The fraction of sp³-hybridized carbons (Fsp3) is 0.227. The van der Waals surface area contributed by atoms with E-state index in [-0.39, 0.29) is 0 Å². The average Bonchev–Trinajstić information content (AvgIpc) is 2.66. The van der Waals surface area contributed by atoms with Crippen LogP contribution in [0.4, 0.5) is 0 Å². The molecule has 0 atom stereocenters. The number of benzene rings is 3. The van der Waals surface area contributed by atoms with Crippen molar-refractivity contribution in [2.75, 3.05) is 20.3 Å². The molecule has 0 saturated heterocycles. The zero-order valence-corrected chi connectivity index (χ0v) is 14.7. The first-order chi connectivity index (χ1) is 12.3. The SMILES string of the molecule is C[CH]Cc1ccc(OC)c(OCCOc2cccc3ccccc23)c1. The van der Waals surface area contributed by atoms with Crippen LogP contribution in [0.5, 0.6) is 17.2 Å². The van der Waals surface area contributed by atoms with Gasteiger partial charge in [-0.15, -0.1) is 0 Å². The van der Waals surface area contributed by atoms with Gasteiger partial charge in [0.15, 0.2) is 11.5 Å². The van der Waals surface area contributed by atoms with Crippen LogP contribution in [0.2, 0.25) is 0 Å². The Bertz CT molecular complexity index is 821. The molecule has 3 rings (SSSR count). The molecule has 3 nitrogen and oxygen atoms in total. The Labute approximate surface area is 149 Å². The van der Waals surface area contributed by atoms with E-state index in [1.54, 1.807) is 7.11 Å². The molecule has 0 saturated carbocycles. The minimum atomic E-state index is 0.457. The highest BCUT2D eigenvalue weighted by atomic mass is 16.5. The molecule has 25 heavy (non-hydrogen) atoms.